The fourth-order valence-corrected chi connectivity index (χ4v) is 4.98. The molecule has 2 N–H and O–H groups in total. The minimum absolute atomic E-state index is 0.0135. The molecule has 2 aliphatic heterocycles. The first-order chi connectivity index (χ1) is 10.1. The fourth-order valence-electron chi connectivity index (χ4n) is 4.98. The summed E-state index contributed by atoms with van der Waals surface area (Å²) in [4.78, 5) is 26.9. The molecule has 0 aromatic carbocycles. The van der Waals surface area contributed by atoms with Crippen LogP contribution in [0.25, 0.3) is 0 Å². The Balaban J connectivity index is 1.58. The monoisotopic (exact) mass is 292 g/mol. The number of fused-ring (bicyclic) bond motifs is 1. The molecule has 2 aliphatic carbocycles. The van der Waals surface area contributed by atoms with Crippen molar-refractivity contribution in [3.63, 3.8) is 0 Å². The van der Waals surface area contributed by atoms with Crippen molar-refractivity contribution in [3.8, 4) is 0 Å². The summed E-state index contributed by atoms with van der Waals surface area (Å²) >= 11 is 0. The molecule has 2 amide bonds. The van der Waals surface area contributed by atoms with Crippen molar-refractivity contribution in [2.24, 2.45) is 17.1 Å². The van der Waals surface area contributed by atoms with Crippen molar-refractivity contribution < 1.29 is 14.3 Å². The summed E-state index contributed by atoms with van der Waals surface area (Å²) in [5, 5.41) is 0. The van der Waals surface area contributed by atoms with Crippen LogP contribution in [0.4, 0.5) is 0 Å². The maximum atomic E-state index is 12.9. The van der Waals surface area contributed by atoms with Gasteiger partial charge in [0.25, 0.3) is 0 Å². The van der Waals surface area contributed by atoms with Gasteiger partial charge in [0.1, 0.15) is 0 Å². The third-order valence-electron chi connectivity index (χ3n) is 6.18. The highest BCUT2D eigenvalue weighted by Crippen LogP contribution is 2.49. The van der Waals surface area contributed by atoms with Gasteiger partial charge in [0.2, 0.25) is 11.8 Å². The first kappa shape index (κ1) is 13.7. The van der Waals surface area contributed by atoms with Crippen LogP contribution in [-0.2, 0) is 14.3 Å². The van der Waals surface area contributed by atoms with Crippen LogP contribution in [0.3, 0.4) is 0 Å². The minimum Gasteiger partial charge on any atom is -0.376 e. The number of nitrogens with two attached hydrogens (primary N) is 1. The van der Waals surface area contributed by atoms with Crippen LogP contribution >= 0.6 is 0 Å². The molecule has 21 heavy (non-hydrogen) atoms. The number of rotatable bonds is 1. The van der Waals surface area contributed by atoms with Crippen LogP contribution in [0.5, 0.6) is 0 Å². The summed E-state index contributed by atoms with van der Waals surface area (Å²) in [6.45, 7) is 0.728. The van der Waals surface area contributed by atoms with Crippen LogP contribution in [0.15, 0.2) is 0 Å². The largest absolute Gasteiger partial charge is 0.376 e. The highest BCUT2D eigenvalue weighted by atomic mass is 16.5. The van der Waals surface area contributed by atoms with E-state index in [4.69, 9.17) is 10.5 Å². The predicted molar refractivity (Wildman–Crippen MR) is 76.2 cm³/mol. The maximum Gasteiger partial charge on any atom is 0.236 e. The lowest BCUT2D eigenvalue weighted by Crippen LogP contribution is -2.73. The van der Waals surface area contributed by atoms with Crippen molar-refractivity contribution in [1.29, 1.82) is 0 Å². The van der Waals surface area contributed by atoms with Crippen molar-refractivity contribution in [2.75, 3.05) is 6.61 Å². The SMILES string of the molecule is NC1C2CCCOC2C1N1C(=O)CC2(CCCCC2)C1=O. The molecule has 4 atom stereocenters. The molecule has 4 fully saturated rings. The molecule has 5 heteroatoms. The Kier molecular flexibility index (Phi) is 3.12. The van der Waals surface area contributed by atoms with Crippen molar-refractivity contribution in [2.45, 2.75) is 69.6 Å². The zero-order valence-electron chi connectivity index (χ0n) is 12.4. The zero-order chi connectivity index (χ0) is 14.6. The van der Waals surface area contributed by atoms with E-state index in [9.17, 15) is 9.59 Å². The molecule has 0 radical (unpaired) electrons. The standard InChI is InChI=1S/C16H24N2O3/c17-12-10-5-4-8-21-14(10)13(12)18-11(19)9-16(15(18)20)6-2-1-3-7-16/h10,12-14H,1-9,17H2. The van der Waals surface area contributed by atoms with E-state index in [-0.39, 0.29) is 30.0 Å². The van der Waals surface area contributed by atoms with E-state index in [1.807, 2.05) is 0 Å². The highest BCUT2D eigenvalue weighted by molar-refractivity contribution is 6.06. The molecule has 4 rings (SSSR count). The number of hydrogen-bond acceptors (Lipinski definition) is 4. The number of carbonyl (C=O) groups excluding carboxylic acids is 2. The van der Waals surface area contributed by atoms with E-state index in [2.05, 4.69) is 0 Å². The Bertz CT molecular complexity index is 472. The lowest BCUT2D eigenvalue weighted by molar-refractivity contribution is -0.175. The van der Waals surface area contributed by atoms with E-state index >= 15 is 0 Å². The molecule has 116 valence electrons. The van der Waals surface area contributed by atoms with Crippen LogP contribution in [0.2, 0.25) is 0 Å². The number of likely N-dealkylation sites (tertiary alicyclic amines) is 1. The Hall–Kier alpha value is -0.940. The summed E-state index contributed by atoms with van der Waals surface area (Å²) in [6, 6.07) is -0.307. The third kappa shape index (κ3) is 1.83. The molecule has 5 nitrogen and oxygen atoms in total. The maximum absolute atomic E-state index is 12.9. The quantitative estimate of drug-likeness (QED) is 0.737. The lowest BCUT2D eigenvalue weighted by Gasteiger charge is -2.54. The molecule has 1 spiro atoms. The molecule has 4 aliphatic rings. The Labute approximate surface area is 125 Å². The van der Waals surface area contributed by atoms with E-state index < -0.39 is 5.41 Å². The van der Waals surface area contributed by atoms with Crippen LogP contribution < -0.4 is 5.73 Å². The molecule has 0 bridgehead atoms. The average Bonchev–Trinajstić information content (AvgIpc) is 2.72. The van der Waals surface area contributed by atoms with Crippen molar-refractivity contribution in [1.82, 2.24) is 4.90 Å². The predicted octanol–water partition coefficient (Wildman–Crippen LogP) is 1.20. The van der Waals surface area contributed by atoms with Crippen LogP contribution in [-0.4, -0.2) is 41.5 Å². The summed E-state index contributed by atoms with van der Waals surface area (Å²) in [7, 11) is 0. The number of imide groups is 1. The Morgan fingerprint density at radius 2 is 1.90 bits per heavy atom. The summed E-state index contributed by atoms with van der Waals surface area (Å²) in [6.07, 6.45) is 7.51. The number of amides is 2. The number of hydrogen-bond donors (Lipinski definition) is 1. The van der Waals surface area contributed by atoms with Gasteiger partial charge in [-0.25, -0.2) is 0 Å². The second kappa shape index (κ2) is 4.78. The zero-order valence-corrected chi connectivity index (χ0v) is 12.4. The van der Waals surface area contributed by atoms with E-state index in [0.29, 0.717) is 12.3 Å². The van der Waals surface area contributed by atoms with Gasteiger partial charge >= 0.3 is 0 Å². The topological polar surface area (TPSA) is 72.6 Å². The van der Waals surface area contributed by atoms with Crippen LogP contribution in [0, 0.1) is 11.3 Å². The van der Waals surface area contributed by atoms with Gasteiger partial charge in [-0.05, 0) is 25.7 Å². The second-order valence-corrected chi connectivity index (χ2v) is 7.30. The van der Waals surface area contributed by atoms with E-state index in [1.165, 1.54) is 11.3 Å². The Morgan fingerprint density at radius 3 is 2.67 bits per heavy atom. The van der Waals surface area contributed by atoms with E-state index in [0.717, 1.165) is 45.1 Å². The molecule has 0 aromatic heterocycles. The number of carbonyl (C=O) groups is 2. The third-order valence-corrected chi connectivity index (χ3v) is 6.18. The first-order valence-corrected chi connectivity index (χ1v) is 8.38. The summed E-state index contributed by atoms with van der Waals surface area (Å²) in [5.41, 5.74) is 5.87. The molecule has 4 unspecified atom stereocenters. The van der Waals surface area contributed by atoms with Gasteiger partial charge in [0.15, 0.2) is 0 Å². The van der Waals surface area contributed by atoms with Gasteiger partial charge in [-0.3, -0.25) is 14.5 Å². The first-order valence-electron chi connectivity index (χ1n) is 8.38. The normalized spacial score (nSPS) is 42.0. The van der Waals surface area contributed by atoms with Crippen LogP contribution in [0.1, 0.15) is 51.4 Å². The Morgan fingerprint density at radius 1 is 1.14 bits per heavy atom. The van der Waals surface area contributed by atoms with Crippen molar-refractivity contribution in [3.05, 3.63) is 0 Å². The molecule has 2 saturated heterocycles. The van der Waals surface area contributed by atoms with Gasteiger partial charge in [0.05, 0.1) is 17.6 Å². The molecular weight excluding hydrogens is 268 g/mol. The number of nitrogens with zero attached hydrogens (tertiary/aromatic N) is 1. The molecular formula is C16H24N2O3. The average molecular weight is 292 g/mol. The fraction of sp³-hybridized carbons (Fsp3) is 0.875. The van der Waals surface area contributed by atoms with E-state index in [1.54, 1.807) is 0 Å². The summed E-state index contributed by atoms with van der Waals surface area (Å²) in [5.74, 6) is 0.350. The van der Waals surface area contributed by atoms with Crippen molar-refractivity contribution >= 4 is 11.8 Å². The smallest absolute Gasteiger partial charge is 0.236 e. The second-order valence-electron chi connectivity index (χ2n) is 7.30. The lowest BCUT2D eigenvalue weighted by atomic mass is 9.67. The minimum atomic E-state index is -0.408. The molecule has 0 aromatic rings. The van der Waals surface area contributed by atoms with Gasteiger partial charge in [-0.2, -0.15) is 0 Å². The van der Waals surface area contributed by atoms with Gasteiger partial charge in [-0.1, -0.05) is 19.3 Å². The summed E-state index contributed by atoms with van der Waals surface area (Å²) < 4.78 is 5.82. The highest BCUT2D eigenvalue weighted by Gasteiger charge is 2.61. The van der Waals surface area contributed by atoms with Gasteiger partial charge in [-0.15, -0.1) is 0 Å². The molecule has 2 heterocycles. The van der Waals surface area contributed by atoms with Gasteiger partial charge < -0.3 is 10.5 Å². The number of ether oxygens (including phenoxy) is 1. The molecule has 2 saturated carbocycles. The van der Waals surface area contributed by atoms with Gasteiger partial charge in [0, 0.05) is 25.0 Å².